The zero-order chi connectivity index (χ0) is 11.6. The molecule has 0 aliphatic rings. The van der Waals surface area contributed by atoms with Gasteiger partial charge in [-0.3, -0.25) is 0 Å². The molecular formula is C14H16CrO. The number of hydrogen-bond donors (Lipinski definition) is 0. The van der Waals surface area contributed by atoms with Crippen molar-refractivity contribution in [2.75, 3.05) is 6.61 Å². The number of ether oxygens (including phenoxy) is 1. The predicted molar refractivity (Wildman–Crippen MR) is 63.8 cm³/mol. The minimum atomic E-state index is 0.753. The van der Waals surface area contributed by atoms with Gasteiger partial charge >= 0.3 is 106 Å². The molecule has 2 heteroatoms. The van der Waals surface area contributed by atoms with E-state index in [1.165, 1.54) is 0 Å². The van der Waals surface area contributed by atoms with E-state index in [0.717, 1.165) is 36.0 Å². The Morgan fingerprint density at radius 1 is 1.25 bits per heavy atom. The normalized spacial score (nSPS) is 9.31. The molecule has 16 heavy (non-hydrogen) atoms. The number of unbranched alkanes of at least 4 members (excludes halogenated alkanes) is 2. The van der Waals surface area contributed by atoms with Crippen molar-refractivity contribution < 1.29 is 20.6 Å². The molecule has 0 aliphatic heterocycles. The zero-order valence-corrected chi connectivity index (χ0v) is 10.8. The molecule has 0 bridgehead atoms. The van der Waals surface area contributed by atoms with Crippen LogP contribution in [0, 0.1) is 11.8 Å². The molecule has 0 saturated heterocycles. The summed E-state index contributed by atoms with van der Waals surface area (Å²) in [5.74, 6) is 5.94. The van der Waals surface area contributed by atoms with E-state index < -0.39 is 0 Å². The van der Waals surface area contributed by atoms with Gasteiger partial charge in [-0.2, -0.15) is 0 Å². The van der Waals surface area contributed by atoms with Crippen molar-refractivity contribution in [1.82, 2.24) is 0 Å². The van der Waals surface area contributed by atoms with Crippen LogP contribution in [0.1, 0.15) is 31.7 Å². The van der Waals surface area contributed by atoms with Crippen molar-refractivity contribution in [3.63, 3.8) is 0 Å². The molecule has 0 aromatic heterocycles. The van der Waals surface area contributed by atoms with Crippen LogP contribution in [-0.4, -0.2) is 11.2 Å². The Morgan fingerprint density at radius 3 is 2.69 bits per heavy atom. The average Bonchev–Trinajstić information content (AvgIpc) is 2.34. The molecule has 0 aliphatic carbocycles. The molecule has 1 rings (SSSR count). The van der Waals surface area contributed by atoms with Crippen LogP contribution in [0.2, 0.25) is 0 Å². The summed E-state index contributed by atoms with van der Waals surface area (Å²) in [6, 6.07) is 10.1. The summed E-state index contributed by atoms with van der Waals surface area (Å²) in [6.45, 7) is 2.63. The van der Waals surface area contributed by atoms with Gasteiger partial charge in [0.25, 0.3) is 0 Å². The van der Waals surface area contributed by atoms with Crippen molar-refractivity contribution in [1.29, 1.82) is 0 Å². The topological polar surface area (TPSA) is 9.23 Å². The third-order valence-electron chi connectivity index (χ3n) is 2.12. The summed E-state index contributed by atoms with van der Waals surface area (Å²) in [5, 5.41) is 0. The maximum atomic E-state index is 5.62. The van der Waals surface area contributed by atoms with Crippen molar-refractivity contribution >= 4 is 4.57 Å². The van der Waals surface area contributed by atoms with Gasteiger partial charge in [0.1, 0.15) is 0 Å². The van der Waals surface area contributed by atoms with Crippen LogP contribution >= 0.6 is 0 Å². The van der Waals surface area contributed by atoms with E-state index in [0.29, 0.717) is 0 Å². The van der Waals surface area contributed by atoms with Crippen LogP contribution in [-0.2, 0) is 20.6 Å². The molecule has 1 aromatic rings. The van der Waals surface area contributed by atoms with Crippen molar-refractivity contribution in [3.8, 4) is 11.8 Å². The fraction of sp³-hybridized carbons (Fsp3) is 0.357. The first kappa shape index (κ1) is 13.2. The molecule has 0 radical (unpaired) electrons. The van der Waals surface area contributed by atoms with E-state index in [1.807, 2.05) is 37.3 Å². The molecule has 0 unspecified atom stereocenters. The van der Waals surface area contributed by atoms with Gasteiger partial charge in [-0.05, 0) is 0 Å². The minimum absolute atomic E-state index is 0.753. The Hall–Kier alpha value is -0.858. The van der Waals surface area contributed by atoms with Gasteiger partial charge in [-0.25, -0.2) is 0 Å². The van der Waals surface area contributed by atoms with Gasteiger partial charge in [-0.15, -0.1) is 0 Å². The number of rotatable bonds is 6. The van der Waals surface area contributed by atoms with Crippen molar-refractivity contribution in [3.05, 3.63) is 35.9 Å². The third kappa shape index (κ3) is 5.29. The first-order chi connectivity index (χ1) is 7.84. The van der Waals surface area contributed by atoms with Crippen LogP contribution in [0.3, 0.4) is 0 Å². The molecule has 1 nitrogen and oxygen atoms in total. The third-order valence-corrected chi connectivity index (χ3v) is 2.67. The molecule has 0 atom stereocenters. The molecular weight excluding hydrogens is 236 g/mol. The Morgan fingerprint density at radius 2 is 2.00 bits per heavy atom. The Balaban J connectivity index is 2.18. The van der Waals surface area contributed by atoms with E-state index in [2.05, 4.69) is 27.7 Å². The van der Waals surface area contributed by atoms with Crippen LogP contribution in [0.5, 0.6) is 0 Å². The molecule has 0 spiro atoms. The van der Waals surface area contributed by atoms with E-state index in [9.17, 15) is 0 Å². The second kappa shape index (κ2) is 8.31. The Kier molecular flexibility index (Phi) is 6.86. The monoisotopic (exact) mass is 252 g/mol. The molecule has 0 heterocycles. The predicted octanol–water partition coefficient (Wildman–Crippen LogP) is 2.92. The zero-order valence-electron chi connectivity index (χ0n) is 9.53. The van der Waals surface area contributed by atoms with Gasteiger partial charge < -0.3 is 0 Å². The first-order valence-electron chi connectivity index (χ1n) is 5.46. The van der Waals surface area contributed by atoms with Gasteiger partial charge in [0.2, 0.25) is 0 Å². The molecule has 0 N–H and O–H groups in total. The molecule has 0 amide bonds. The summed E-state index contributed by atoms with van der Waals surface area (Å²) in [5.41, 5.74) is 1.11. The number of benzene rings is 1. The summed E-state index contributed by atoms with van der Waals surface area (Å²) >= 11 is 2.96. The van der Waals surface area contributed by atoms with E-state index in [1.54, 1.807) is 0 Å². The van der Waals surface area contributed by atoms with Gasteiger partial charge in [0.15, 0.2) is 0 Å². The van der Waals surface area contributed by atoms with Gasteiger partial charge in [0.05, 0.1) is 0 Å². The van der Waals surface area contributed by atoms with Gasteiger partial charge in [-0.1, -0.05) is 0 Å². The molecule has 0 saturated carbocycles. The number of hydrogen-bond acceptors (Lipinski definition) is 1. The van der Waals surface area contributed by atoms with E-state index in [-0.39, 0.29) is 0 Å². The van der Waals surface area contributed by atoms with Crippen LogP contribution < -0.4 is 0 Å². The van der Waals surface area contributed by atoms with Crippen LogP contribution in [0.15, 0.2) is 30.3 Å². The second-order valence-electron chi connectivity index (χ2n) is 3.39. The average molecular weight is 252 g/mol. The summed E-state index contributed by atoms with van der Waals surface area (Å²) in [7, 11) is 0. The van der Waals surface area contributed by atoms with E-state index in [4.69, 9.17) is 4.74 Å². The summed E-state index contributed by atoms with van der Waals surface area (Å²) in [6.07, 6.45) is 3.11. The molecule has 84 valence electrons. The Bertz CT molecular complexity index is 373. The molecule has 1 aromatic carbocycles. The van der Waals surface area contributed by atoms with Gasteiger partial charge in [0, 0.05) is 0 Å². The quantitative estimate of drug-likeness (QED) is 0.558. The van der Waals surface area contributed by atoms with E-state index >= 15 is 0 Å². The Labute approximate surface area is 106 Å². The fourth-order valence-electron chi connectivity index (χ4n) is 1.26. The maximum absolute atomic E-state index is 5.62. The van der Waals surface area contributed by atoms with Crippen molar-refractivity contribution in [2.24, 2.45) is 0 Å². The first-order valence-corrected chi connectivity index (χ1v) is 6.10. The summed E-state index contributed by atoms with van der Waals surface area (Å²) in [4.78, 5) is 0. The SMILES string of the molecule is CC#CCCCCO[C](=[Cr])c1ccccc1. The van der Waals surface area contributed by atoms with Crippen LogP contribution in [0.4, 0.5) is 0 Å². The second-order valence-corrected chi connectivity index (χ2v) is 3.96. The van der Waals surface area contributed by atoms with Crippen molar-refractivity contribution in [2.45, 2.75) is 26.2 Å². The summed E-state index contributed by atoms with van der Waals surface area (Å²) < 4.78 is 6.50. The molecule has 0 fully saturated rings. The standard InChI is InChI=1S/C14H16O.Cr/c1-2-3-4-5-9-12-15-13-14-10-7-6-8-11-14;/h6-8,10-11H,4-5,9,12H2,1H3;. The van der Waals surface area contributed by atoms with Crippen LogP contribution in [0.25, 0.3) is 0 Å². The fourth-order valence-corrected chi connectivity index (χ4v) is 1.61.